The second-order valence-corrected chi connectivity index (χ2v) is 7.64. The Morgan fingerprint density at radius 1 is 0.667 bits per heavy atom. The third kappa shape index (κ3) is 25.7. The maximum atomic E-state index is 10.3. The van der Waals surface area contributed by atoms with Crippen LogP contribution in [0, 0.1) is 0 Å². The van der Waals surface area contributed by atoms with Crippen LogP contribution in [0.25, 0.3) is 0 Å². The van der Waals surface area contributed by atoms with Crippen molar-refractivity contribution in [3.63, 3.8) is 0 Å². The fourth-order valence-corrected chi connectivity index (χ4v) is 3.14. The summed E-state index contributed by atoms with van der Waals surface area (Å²) >= 11 is 0. The van der Waals surface area contributed by atoms with Crippen molar-refractivity contribution in [2.45, 2.75) is 110 Å². The Hall–Kier alpha value is 1.51. The molecule has 0 fully saturated rings. The molecular formula is C18H39KO4S. The summed E-state index contributed by atoms with van der Waals surface area (Å²) in [6.45, 7) is 2.36. The Balaban J connectivity index is -0.00000242. The Morgan fingerprint density at radius 2 is 0.958 bits per heavy atom. The van der Waals surface area contributed by atoms with E-state index in [1.807, 2.05) is 0 Å². The predicted molar refractivity (Wildman–Crippen MR) is 98.2 cm³/mol. The molecule has 1 N–H and O–H groups in total. The normalized spacial score (nSPS) is 11.4. The van der Waals surface area contributed by atoms with Crippen molar-refractivity contribution in [1.29, 1.82) is 0 Å². The van der Waals surface area contributed by atoms with Crippen molar-refractivity contribution in [2.24, 2.45) is 0 Å². The van der Waals surface area contributed by atoms with Gasteiger partial charge in [-0.3, -0.25) is 4.55 Å². The Morgan fingerprint density at radius 3 is 1.25 bits per heavy atom. The zero-order chi connectivity index (χ0) is 17.2. The van der Waals surface area contributed by atoms with E-state index >= 15 is 0 Å². The smallest absolute Gasteiger partial charge is 1.00 e. The van der Waals surface area contributed by atoms with Crippen LogP contribution in [0.4, 0.5) is 0 Å². The summed E-state index contributed by atoms with van der Waals surface area (Å²) in [5.41, 5.74) is 0. The molecule has 0 amide bonds. The van der Waals surface area contributed by atoms with E-state index in [0.717, 1.165) is 12.8 Å². The second kappa shape index (κ2) is 20.8. The van der Waals surface area contributed by atoms with Crippen LogP contribution in [0.2, 0.25) is 0 Å². The third-order valence-corrected chi connectivity index (χ3v) is 4.69. The largest absolute Gasteiger partial charge is 1.00 e. The molecule has 6 heteroatoms. The summed E-state index contributed by atoms with van der Waals surface area (Å²) in [4.78, 5) is 0. The first-order valence-corrected chi connectivity index (χ1v) is 11.0. The average molecular weight is 391 g/mol. The van der Waals surface area contributed by atoms with Gasteiger partial charge in [0.2, 0.25) is 0 Å². The molecule has 0 rings (SSSR count). The van der Waals surface area contributed by atoms with Gasteiger partial charge in [-0.25, -0.2) is 4.18 Å². The minimum Gasteiger partial charge on any atom is -1.00 e. The van der Waals surface area contributed by atoms with Crippen LogP contribution in [0.1, 0.15) is 111 Å². The Bertz CT molecular complexity index is 340. The second-order valence-electron chi connectivity index (χ2n) is 6.55. The predicted octanol–water partition coefficient (Wildman–Crippen LogP) is 3.18. The molecule has 0 aliphatic carbocycles. The van der Waals surface area contributed by atoms with Crippen LogP contribution in [0.3, 0.4) is 0 Å². The standard InChI is InChI=1S/C18H38O4S.K.H/c1-2-3-4-5-6-7-8-9-10-11-12-13-14-15-16-17-18-22-23(19,20)21;;/h2-18H2,1H3,(H,19,20,21);;/q;+1;-1. The zero-order valence-corrected chi connectivity index (χ0v) is 20.0. The fourth-order valence-electron chi connectivity index (χ4n) is 2.81. The number of unbranched alkanes of at least 4 members (excludes halogenated alkanes) is 15. The van der Waals surface area contributed by atoms with Crippen LogP contribution in [0.5, 0.6) is 0 Å². The number of hydrogen-bond donors (Lipinski definition) is 1. The summed E-state index contributed by atoms with van der Waals surface area (Å²) in [6, 6.07) is 0. The average Bonchev–Trinajstić information content (AvgIpc) is 2.49. The fraction of sp³-hybridized carbons (Fsp3) is 1.00. The van der Waals surface area contributed by atoms with Crippen LogP contribution < -0.4 is 51.4 Å². The zero-order valence-electron chi connectivity index (χ0n) is 17.1. The first-order chi connectivity index (χ1) is 11.1. The summed E-state index contributed by atoms with van der Waals surface area (Å²) in [6.07, 6.45) is 20.5. The van der Waals surface area contributed by atoms with Crippen molar-refractivity contribution in [3.05, 3.63) is 0 Å². The molecule has 0 saturated carbocycles. The molecule has 0 aliphatic heterocycles. The maximum absolute atomic E-state index is 10.3. The molecule has 0 aliphatic rings. The van der Waals surface area contributed by atoms with Gasteiger partial charge in [0.25, 0.3) is 0 Å². The SMILES string of the molecule is CCCCCCCCCCCCCCCCCCOS(=O)(=O)O.[H-].[K+]. The van der Waals surface area contributed by atoms with Gasteiger partial charge in [-0.1, -0.05) is 103 Å². The molecule has 4 nitrogen and oxygen atoms in total. The number of hydrogen-bond acceptors (Lipinski definition) is 3. The van der Waals surface area contributed by atoms with Gasteiger partial charge in [-0.2, -0.15) is 8.42 Å². The van der Waals surface area contributed by atoms with Gasteiger partial charge in [0.1, 0.15) is 0 Å². The van der Waals surface area contributed by atoms with Crippen molar-refractivity contribution < 1.29 is 70.0 Å². The van der Waals surface area contributed by atoms with Gasteiger partial charge >= 0.3 is 61.8 Å². The third-order valence-electron chi connectivity index (χ3n) is 4.23. The van der Waals surface area contributed by atoms with Crippen LogP contribution >= 0.6 is 0 Å². The first kappa shape index (κ1) is 27.7. The monoisotopic (exact) mass is 390 g/mol. The van der Waals surface area contributed by atoms with E-state index in [1.54, 1.807) is 0 Å². The molecular weight excluding hydrogens is 351 g/mol. The van der Waals surface area contributed by atoms with Gasteiger partial charge in [-0.15, -0.1) is 0 Å². The topological polar surface area (TPSA) is 63.6 Å². The van der Waals surface area contributed by atoms with Crippen molar-refractivity contribution in [1.82, 2.24) is 0 Å². The molecule has 142 valence electrons. The van der Waals surface area contributed by atoms with E-state index in [0.29, 0.717) is 6.42 Å². The van der Waals surface area contributed by atoms with E-state index in [4.69, 9.17) is 4.55 Å². The van der Waals surface area contributed by atoms with Gasteiger partial charge in [0, 0.05) is 0 Å². The van der Waals surface area contributed by atoms with Crippen molar-refractivity contribution in [2.75, 3.05) is 6.61 Å². The van der Waals surface area contributed by atoms with Gasteiger partial charge in [0.15, 0.2) is 0 Å². The molecule has 0 aromatic rings. The van der Waals surface area contributed by atoms with Gasteiger partial charge in [0.05, 0.1) is 6.61 Å². The molecule has 0 heterocycles. The minimum absolute atomic E-state index is 0. The molecule has 0 saturated heterocycles. The van der Waals surface area contributed by atoms with Gasteiger partial charge < -0.3 is 1.43 Å². The molecule has 0 aromatic heterocycles. The summed E-state index contributed by atoms with van der Waals surface area (Å²) in [7, 11) is -4.24. The molecule has 24 heavy (non-hydrogen) atoms. The van der Waals surface area contributed by atoms with Crippen LogP contribution in [0.15, 0.2) is 0 Å². The molecule has 0 bridgehead atoms. The van der Waals surface area contributed by atoms with E-state index in [2.05, 4.69) is 11.1 Å². The quantitative estimate of drug-likeness (QED) is 0.222. The van der Waals surface area contributed by atoms with Crippen LogP contribution in [-0.4, -0.2) is 19.6 Å². The molecule has 0 unspecified atom stereocenters. The van der Waals surface area contributed by atoms with Gasteiger partial charge in [-0.05, 0) is 6.42 Å². The molecule has 0 spiro atoms. The van der Waals surface area contributed by atoms with Crippen molar-refractivity contribution in [3.8, 4) is 0 Å². The molecule has 0 radical (unpaired) electrons. The summed E-state index contributed by atoms with van der Waals surface area (Å²) < 4.78 is 33.3. The van der Waals surface area contributed by atoms with E-state index in [1.165, 1.54) is 83.5 Å². The Labute approximate surface area is 194 Å². The van der Waals surface area contributed by atoms with Crippen LogP contribution in [-0.2, 0) is 14.6 Å². The van der Waals surface area contributed by atoms with E-state index < -0.39 is 10.4 Å². The maximum Gasteiger partial charge on any atom is 1.00 e. The minimum atomic E-state index is -4.24. The summed E-state index contributed by atoms with van der Waals surface area (Å²) in [5.74, 6) is 0. The summed E-state index contributed by atoms with van der Waals surface area (Å²) in [5, 5.41) is 0. The van der Waals surface area contributed by atoms with Crippen molar-refractivity contribution >= 4 is 10.4 Å². The van der Waals surface area contributed by atoms with E-state index in [-0.39, 0.29) is 59.4 Å². The first-order valence-electron chi connectivity index (χ1n) is 9.68. The Kier molecular flexibility index (Phi) is 24.0. The molecule has 0 aromatic carbocycles. The molecule has 0 atom stereocenters. The van der Waals surface area contributed by atoms with E-state index in [9.17, 15) is 8.42 Å². The number of rotatable bonds is 18.